The van der Waals surface area contributed by atoms with Crippen LogP contribution >= 0.6 is 0 Å². The van der Waals surface area contributed by atoms with Crippen molar-refractivity contribution < 1.29 is 23.1 Å². The molecule has 0 aliphatic carbocycles. The van der Waals surface area contributed by atoms with Gasteiger partial charge in [-0.3, -0.25) is 0 Å². The number of carboxylic acid groups (broad SMARTS) is 1. The molecule has 0 aromatic carbocycles. The average molecular weight is 318 g/mol. The van der Waals surface area contributed by atoms with Crippen LogP contribution in [0.3, 0.4) is 0 Å². The first-order valence-corrected chi connectivity index (χ1v) is 8.32. The number of aromatic nitrogens is 1. The van der Waals surface area contributed by atoms with Crippen molar-refractivity contribution in [2.24, 2.45) is 0 Å². The van der Waals surface area contributed by atoms with E-state index in [1.807, 2.05) is 6.92 Å². The zero-order chi connectivity index (χ0) is 15.9. The number of methoxy groups -OCH3 is 1. The number of carbonyl (C=O) groups is 1. The first kappa shape index (κ1) is 17.7. The van der Waals surface area contributed by atoms with Crippen LogP contribution in [0.4, 0.5) is 0 Å². The number of aromatic carboxylic acids is 1. The second-order valence-electron chi connectivity index (χ2n) is 4.66. The molecule has 8 heteroatoms. The Bertz CT molecular complexity index is 565. The number of sulfonamides is 1. The zero-order valence-electron chi connectivity index (χ0n) is 12.3. The minimum absolute atomic E-state index is 0.0138. The maximum atomic E-state index is 12.1. The largest absolute Gasteiger partial charge is 0.477 e. The predicted molar refractivity (Wildman–Crippen MR) is 78.0 cm³/mol. The van der Waals surface area contributed by atoms with Crippen LogP contribution in [0.2, 0.25) is 0 Å². The third-order valence-electron chi connectivity index (χ3n) is 2.93. The molecule has 0 unspecified atom stereocenters. The SMILES string of the molecule is CCCn1cc(S(=O)(=O)NCCCCOC)cc1C(=O)O. The molecule has 1 rings (SSSR count). The number of aryl methyl sites for hydroxylation is 1. The van der Waals surface area contributed by atoms with Crippen LogP contribution in [0.1, 0.15) is 36.7 Å². The van der Waals surface area contributed by atoms with Gasteiger partial charge in [-0.1, -0.05) is 6.92 Å². The third-order valence-corrected chi connectivity index (χ3v) is 4.36. The quantitative estimate of drug-likeness (QED) is 0.634. The van der Waals surface area contributed by atoms with E-state index < -0.39 is 16.0 Å². The molecule has 1 aromatic heterocycles. The lowest BCUT2D eigenvalue weighted by atomic mass is 10.3. The van der Waals surface area contributed by atoms with E-state index >= 15 is 0 Å². The minimum atomic E-state index is -3.68. The topological polar surface area (TPSA) is 97.6 Å². The van der Waals surface area contributed by atoms with E-state index in [0.29, 0.717) is 26.1 Å². The first-order valence-electron chi connectivity index (χ1n) is 6.84. The van der Waals surface area contributed by atoms with Crippen LogP contribution in [0.25, 0.3) is 0 Å². The van der Waals surface area contributed by atoms with Crippen molar-refractivity contribution in [3.63, 3.8) is 0 Å². The van der Waals surface area contributed by atoms with Gasteiger partial charge in [0.05, 0.1) is 0 Å². The molecule has 0 saturated heterocycles. The van der Waals surface area contributed by atoms with E-state index in [4.69, 9.17) is 9.84 Å². The number of carboxylic acids is 1. The van der Waals surface area contributed by atoms with Gasteiger partial charge in [0.15, 0.2) is 0 Å². The lowest BCUT2D eigenvalue weighted by Crippen LogP contribution is -2.24. The van der Waals surface area contributed by atoms with Gasteiger partial charge in [0.25, 0.3) is 0 Å². The van der Waals surface area contributed by atoms with Crippen molar-refractivity contribution in [1.82, 2.24) is 9.29 Å². The van der Waals surface area contributed by atoms with Gasteiger partial charge in [0, 0.05) is 33.0 Å². The molecule has 1 heterocycles. The molecule has 0 spiro atoms. The summed E-state index contributed by atoms with van der Waals surface area (Å²) in [5, 5.41) is 9.09. The Hall–Kier alpha value is -1.38. The Labute approximate surface area is 125 Å². The monoisotopic (exact) mass is 318 g/mol. The molecule has 2 N–H and O–H groups in total. The van der Waals surface area contributed by atoms with Crippen LogP contribution in [-0.2, 0) is 21.3 Å². The predicted octanol–water partition coefficient (Wildman–Crippen LogP) is 1.30. The summed E-state index contributed by atoms with van der Waals surface area (Å²) in [5.74, 6) is -1.13. The average Bonchev–Trinajstić information content (AvgIpc) is 2.84. The van der Waals surface area contributed by atoms with Gasteiger partial charge in [0.1, 0.15) is 10.6 Å². The summed E-state index contributed by atoms with van der Waals surface area (Å²) in [4.78, 5) is 11.1. The van der Waals surface area contributed by atoms with Crippen molar-refractivity contribution in [2.45, 2.75) is 37.6 Å². The molecule has 0 bridgehead atoms. The standard InChI is InChI=1S/C13H22N2O5S/c1-3-7-15-10-11(9-12(15)13(16)17)21(18,19)14-6-4-5-8-20-2/h9-10,14H,3-8H2,1-2H3,(H,16,17). The fourth-order valence-electron chi connectivity index (χ4n) is 1.90. The summed E-state index contributed by atoms with van der Waals surface area (Å²) in [6.45, 7) is 3.24. The molecule has 0 radical (unpaired) electrons. The van der Waals surface area contributed by atoms with Crippen LogP contribution in [0, 0.1) is 0 Å². The Balaban J connectivity index is 2.78. The lowest BCUT2D eigenvalue weighted by Gasteiger charge is -2.05. The van der Waals surface area contributed by atoms with Gasteiger partial charge in [-0.05, 0) is 25.3 Å². The summed E-state index contributed by atoms with van der Waals surface area (Å²) in [7, 11) is -2.08. The van der Waals surface area contributed by atoms with E-state index in [0.717, 1.165) is 12.8 Å². The van der Waals surface area contributed by atoms with Gasteiger partial charge < -0.3 is 14.4 Å². The highest BCUT2D eigenvalue weighted by atomic mass is 32.2. The molecule has 21 heavy (non-hydrogen) atoms. The number of hydrogen-bond donors (Lipinski definition) is 2. The van der Waals surface area contributed by atoms with Crippen LogP contribution in [0.5, 0.6) is 0 Å². The van der Waals surface area contributed by atoms with Crippen LogP contribution in [-0.4, -0.2) is 44.3 Å². The number of nitrogens with zero attached hydrogens (tertiary/aromatic N) is 1. The Morgan fingerprint density at radius 3 is 2.71 bits per heavy atom. The zero-order valence-corrected chi connectivity index (χ0v) is 13.1. The smallest absolute Gasteiger partial charge is 0.352 e. The third kappa shape index (κ3) is 5.14. The molecule has 0 amide bonds. The van der Waals surface area contributed by atoms with Crippen LogP contribution < -0.4 is 4.72 Å². The highest BCUT2D eigenvalue weighted by molar-refractivity contribution is 7.89. The molecule has 0 aliphatic rings. The molecule has 0 saturated carbocycles. The van der Waals surface area contributed by atoms with E-state index in [-0.39, 0.29) is 10.6 Å². The molecular formula is C13H22N2O5S. The van der Waals surface area contributed by atoms with E-state index in [1.165, 1.54) is 16.8 Å². The van der Waals surface area contributed by atoms with Gasteiger partial charge in [-0.25, -0.2) is 17.9 Å². The number of ether oxygens (including phenoxy) is 1. The normalized spacial score (nSPS) is 11.7. The van der Waals surface area contributed by atoms with Gasteiger partial charge in [-0.15, -0.1) is 0 Å². The Morgan fingerprint density at radius 2 is 2.14 bits per heavy atom. The molecule has 0 aliphatic heterocycles. The van der Waals surface area contributed by atoms with Crippen molar-refractivity contribution in [3.05, 3.63) is 18.0 Å². The highest BCUT2D eigenvalue weighted by Crippen LogP contribution is 2.15. The van der Waals surface area contributed by atoms with Crippen molar-refractivity contribution in [3.8, 4) is 0 Å². The molecule has 120 valence electrons. The lowest BCUT2D eigenvalue weighted by molar-refractivity contribution is 0.0685. The molecule has 0 fully saturated rings. The number of nitrogens with one attached hydrogen (secondary N) is 1. The van der Waals surface area contributed by atoms with Crippen molar-refractivity contribution in [1.29, 1.82) is 0 Å². The first-order chi connectivity index (χ1) is 9.92. The van der Waals surface area contributed by atoms with Crippen molar-refractivity contribution in [2.75, 3.05) is 20.3 Å². The van der Waals surface area contributed by atoms with Crippen molar-refractivity contribution >= 4 is 16.0 Å². The van der Waals surface area contributed by atoms with Crippen LogP contribution in [0.15, 0.2) is 17.2 Å². The second kappa shape index (κ2) is 8.16. The fraction of sp³-hybridized carbons (Fsp3) is 0.615. The van der Waals surface area contributed by atoms with E-state index in [9.17, 15) is 13.2 Å². The second-order valence-corrected chi connectivity index (χ2v) is 6.42. The number of hydrogen-bond acceptors (Lipinski definition) is 4. The summed E-state index contributed by atoms with van der Waals surface area (Å²) in [6, 6.07) is 1.19. The fourth-order valence-corrected chi connectivity index (χ4v) is 3.01. The summed E-state index contributed by atoms with van der Waals surface area (Å²) < 4.78 is 33.0. The summed E-state index contributed by atoms with van der Waals surface area (Å²) in [6.07, 6.45) is 3.51. The molecule has 0 atom stereocenters. The van der Waals surface area contributed by atoms with Gasteiger partial charge in [0.2, 0.25) is 10.0 Å². The van der Waals surface area contributed by atoms with Gasteiger partial charge >= 0.3 is 5.97 Å². The number of rotatable bonds is 10. The molecule has 1 aromatic rings. The minimum Gasteiger partial charge on any atom is -0.477 e. The maximum Gasteiger partial charge on any atom is 0.352 e. The number of unbranched alkanes of at least 4 members (excludes halogenated alkanes) is 1. The maximum absolute atomic E-state index is 12.1. The Morgan fingerprint density at radius 1 is 1.43 bits per heavy atom. The summed E-state index contributed by atoms with van der Waals surface area (Å²) >= 11 is 0. The highest BCUT2D eigenvalue weighted by Gasteiger charge is 2.20. The van der Waals surface area contributed by atoms with E-state index in [2.05, 4.69) is 4.72 Å². The summed E-state index contributed by atoms with van der Waals surface area (Å²) in [5.41, 5.74) is -0.0170. The molecular weight excluding hydrogens is 296 g/mol. The van der Waals surface area contributed by atoms with E-state index in [1.54, 1.807) is 7.11 Å². The van der Waals surface area contributed by atoms with Gasteiger partial charge in [-0.2, -0.15) is 0 Å². The molecule has 7 nitrogen and oxygen atoms in total. The Kier molecular flexibility index (Phi) is 6.86.